The van der Waals surface area contributed by atoms with E-state index >= 15 is 0 Å². The molecule has 0 radical (unpaired) electrons. The van der Waals surface area contributed by atoms with E-state index in [2.05, 4.69) is 15.3 Å². The zero-order valence-electron chi connectivity index (χ0n) is 13.0. The van der Waals surface area contributed by atoms with E-state index in [0.717, 1.165) is 0 Å². The number of aromatic nitrogens is 2. The van der Waals surface area contributed by atoms with Gasteiger partial charge < -0.3 is 0 Å². The molecular weight excluding hydrogens is 375 g/mol. The van der Waals surface area contributed by atoms with Gasteiger partial charge in [0.15, 0.2) is 29.0 Å². The quantitative estimate of drug-likeness (QED) is 0.240. The Morgan fingerprint density at radius 2 is 1.52 bits per heavy atom. The number of rotatable bonds is 3. The van der Waals surface area contributed by atoms with Gasteiger partial charge in [0.25, 0.3) is 11.5 Å². The van der Waals surface area contributed by atoms with E-state index in [0.29, 0.717) is 0 Å². The number of benzene rings is 2. The number of carbonyl (C=O) groups is 1. The van der Waals surface area contributed by atoms with Crippen LogP contribution in [0.1, 0.15) is 16.1 Å². The first-order valence-corrected chi connectivity index (χ1v) is 7.15. The normalized spacial score (nSPS) is 11.3. The molecule has 11 heteroatoms. The number of H-pyrrole nitrogens is 1. The first-order chi connectivity index (χ1) is 12.8. The Morgan fingerprint density at radius 3 is 2.15 bits per heavy atom. The SMILES string of the molecule is O=C(N/N=C\c1c(F)c(F)c(F)c(F)c1F)c1n[nH]c(=O)c2ccccc12. The van der Waals surface area contributed by atoms with Gasteiger partial charge in [-0.25, -0.2) is 32.5 Å². The van der Waals surface area contributed by atoms with Crippen LogP contribution in [0.2, 0.25) is 0 Å². The van der Waals surface area contributed by atoms with Crippen LogP contribution in [0.15, 0.2) is 34.2 Å². The Kier molecular flexibility index (Phi) is 4.67. The van der Waals surface area contributed by atoms with Crippen molar-refractivity contribution in [3.63, 3.8) is 0 Å². The molecule has 0 saturated heterocycles. The molecule has 6 nitrogen and oxygen atoms in total. The molecule has 0 fully saturated rings. The van der Waals surface area contributed by atoms with Crippen molar-refractivity contribution in [3.8, 4) is 0 Å². The van der Waals surface area contributed by atoms with Crippen molar-refractivity contribution in [2.75, 3.05) is 0 Å². The Hall–Kier alpha value is -3.63. The summed E-state index contributed by atoms with van der Waals surface area (Å²) >= 11 is 0. The van der Waals surface area contributed by atoms with Gasteiger partial charge in [-0.2, -0.15) is 10.2 Å². The van der Waals surface area contributed by atoms with Crippen LogP contribution >= 0.6 is 0 Å². The van der Waals surface area contributed by atoms with Crippen molar-refractivity contribution in [2.24, 2.45) is 5.10 Å². The molecule has 3 aromatic rings. The average Bonchev–Trinajstić information content (AvgIpc) is 2.68. The lowest BCUT2D eigenvalue weighted by atomic mass is 10.1. The fraction of sp³-hybridized carbons (Fsp3) is 0. The molecule has 0 atom stereocenters. The van der Waals surface area contributed by atoms with Crippen molar-refractivity contribution in [1.82, 2.24) is 15.6 Å². The smallest absolute Gasteiger partial charge is 0.267 e. The maximum atomic E-state index is 13.5. The molecule has 0 saturated carbocycles. The number of carbonyl (C=O) groups excluding carboxylic acids is 1. The van der Waals surface area contributed by atoms with E-state index < -0.39 is 46.1 Å². The van der Waals surface area contributed by atoms with E-state index in [1.807, 2.05) is 5.43 Å². The minimum absolute atomic E-state index is 0.154. The van der Waals surface area contributed by atoms with E-state index in [9.17, 15) is 31.5 Å². The second kappa shape index (κ2) is 6.94. The number of hydrazone groups is 1. The van der Waals surface area contributed by atoms with Gasteiger partial charge in [-0.3, -0.25) is 9.59 Å². The Balaban J connectivity index is 1.92. The highest BCUT2D eigenvalue weighted by molar-refractivity contribution is 6.04. The summed E-state index contributed by atoms with van der Waals surface area (Å²) in [5, 5.41) is 9.17. The first kappa shape index (κ1) is 18.2. The second-order valence-electron chi connectivity index (χ2n) is 5.13. The summed E-state index contributed by atoms with van der Waals surface area (Å²) in [6.07, 6.45) is 0.266. The number of aromatic amines is 1. The molecule has 0 aliphatic rings. The minimum Gasteiger partial charge on any atom is -0.267 e. The highest BCUT2D eigenvalue weighted by atomic mass is 19.2. The summed E-state index contributed by atoms with van der Waals surface area (Å²) in [6, 6.07) is 5.96. The first-order valence-electron chi connectivity index (χ1n) is 7.15. The van der Waals surface area contributed by atoms with Gasteiger partial charge in [-0.05, 0) is 6.07 Å². The van der Waals surface area contributed by atoms with E-state index in [1.54, 1.807) is 12.1 Å². The van der Waals surface area contributed by atoms with Gasteiger partial charge in [0.05, 0.1) is 17.2 Å². The number of nitrogens with one attached hydrogen (secondary N) is 2. The molecule has 2 N–H and O–H groups in total. The van der Waals surface area contributed by atoms with Crippen molar-refractivity contribution in [2.45, 2.75) is 0 Å². The summed E-state index contributed by atoms with van der Waals surface area (Å²) in [7, 11) is 0. The molecule has 0 bridgehead atoms. The average molecular weight is 382 g/mol. The van der Waals surface area contributed by atoms with Crippen LogP contribution in [-0.2, 0) is 0 Å². The van der Waals surface area contributed by atoms with Gasteiger partial charge in [0, 0.05) is 5.39 Å². The highest BCUT2D eigenvalue weighted by Gasteiger charge is 2.24. The predicted molar refractivity (Wildman–Crippen MR) is 83.7 cm³/mol. The molecule has 1 amide bonds. The Bertz CT molecular complexity index is 1130. The lowest BCUT2D eigenvalue weighted by Gasteiger charge is -2.05. The Labute approximate surface area is 146 Å². The third kappa shape index (κ3) is 3.14. The number of fused-ring (bicyclic) bond motifs is 1. The van der Waals surface area contributed by atoms with Gasteiger partial charge in [0.2, 0.25) is 5.82 Å². The third-order valence-electron chi connectivity index (χ3n) is 3.51. The van der Waals surface area contributed by atoms with Crippen LogP contribution in [0.5, 0.6) is 0 Å². The predicted octanol–water partition coefficient (Wildman–Crippen LogP) is 2.38. The zero-order chi connectivity index (χ0) is 19.7. The van der Waals surface area contributed by atoms with Gasteiger partial charge in [-0.15, -0.1) is 0 Å². The molecule has 3 rings (SSSR count). The lowest BCUT2D eigenvalue weighted by Crippen LogP contribution is -2.23. The van der Waals surface area contributed by atoms with E-state index in [4.69, 9.17) is 0 Å². The maximum absolute atomic E-state index is 13.5. The van der Waals surface area contributed by atoms with Crippen LogP contribution < -0.4 is 11.0 Å². The molecule has 0 unspecified atom stereocenters. The van der Waals surface area contributed by atoms with Crippen molar-refractivity contribution < 1.29 is 26.7 Å². The summed E-state index contributed by atoms with van der Waals surface area (Å²) in [5.41, 5.74) is -0.300. The maximum Gasteiger partial charge on any atom is 0.292 e. The number of halogens is 5. The Morgan fingerprint density at radius 1 is 0.963 bits per heavy atom. The number of hydrogen-bond donors (Lipinski definition) is 2. The van der Waals surface area contributed by atoms with Crippen molar-refractivity contribution in [1.29, 1.82) is 0 Å². The molecule has 138 valence electrons. The summed E-state index contributed by atoms with van der Waals surface area (Å²) in [4.78, 5) is 23.8. The fourth-order valence-electron chi connectivity index (χ4n) is 2.23. The molecule has 1 aromatic heterocycles. The largest absolute Gasteiger partial charge is 0.292 e. The van der Waals surface area contributed by atoms with Crippen LogP contribution in [0.25, 0.3) is 10.8 Å². The minimum atomic E-state index is -2.31. The van der Waals surface area contributed by atoms with Gasteiger partial charge in [0.1, 0.15) is 0 Å². The topological polar surface area (TPSA) is 87.2 Å². The monoisotopic (exact) mass is 382 g/mol. The molecule has 1 heterocycles. The van der Waals surface area contributed by atoms with Gasteiger partial charge in [-0.1, -0.05) is 18.2 Å². The van der Waals surface area contributed by atoms with E-state index in [-0.39, 0.29) is 22.7 Å². The lowest BCUT2D eigenvalue weighted by molar-refractivity contribution is 0.0951. The summed E-state index contributed by atoms with van der Waals surface area (Å²) < 4.78 is 66.2. The summed E-state index contributed by atoms with van der Waals surface area (Å²) in [6.45, 7) is 0. The zero-order valence-corrected chi connectivity index (χ0v) is 13.0. The number of nitrogens with zero attached hydrogens (tertiary/aromatic N) is 2. The molecule has 0 aliphatic heterocycles. The highest BCUT2D eigenvalue weighted by Crippen LogP contribution is 2.21. The van der Waals surface area contributed by atoms with Crippen LogP contribution in [0, 0.1) is 29.1 Å². The third-order valence-corrected chi connectivity index (χ3v) is 3.51. The fourth-order valence-corrected chi connectivity index (χ4v) is 2.23. The van der Waals surface area contributed by atoms with Crippen LogP contribution in [0.3, 0.4) is 0 Å². The van der Waals surface area contributed by atoms with E-state index in [1.165, 1.54) is 12.1 Å². The molecule has 0 aliphatic carbocycles. The van der Waals surface area contributed by atoms with Gasteiger partial charge >= 0.3 is 0 Å². The van der Waals surface area contributed by atoms with Crippen molar-refractivity contribution in [3.05, 3.63) is 75.0 Å². The summed E-state index contributed by atoms with van der Waals surface area (Å²) in [5.74, 6) is -11.8. The molecule has 0 spiro atoms. The molecule has 2 aromatic carbocycles. The molecular formula is C16H7F5N4O2. The number of hydrogen-bond acceptors (Lipinski definition) is 4. The molecule has 27 heavy (non-hydrogen) atoms. The van der Waals surface area contributed by atoms with Crippen molar-refractivity contribution >= 4 is 22.9 Å². The van der Waals surface area contributed by atoms with Crippen LogP contribution in [-0.4, -0.2) is 22.3 Å². The standard InChI is InChI=1S/C16H7F5N4O2/c17-9-8(10(18)12(20)13(21)11(9)19)5-22-24-16(27)14-6-3-1-2-4-7(6)15(26)25-23-14/h1-5H,(H,24,27)(H,25,26)/b22-5-. The second-order valence-corrected chi connectivity index (χ2v) is 5.13. The number of amides is 1. The van der Waals surface area contributed by atoms with Crippen LogP contribution in [0.4, 0.5) is 22.0 Å².